The molecule has 108 valence electrons. The van der Waals surface area contributed by atoms with E-state index in [4.69, 9.17) is 5.73 Å². The van der Waals surface area contributed by atoms with Crippen molar-refractivity contribution in [3.05, 3.63) is 27.3 Å². The van der Waals surface area contributed by atoms with Gasteiger partial charge in [0.05, 0.1) is 0 Å². The highest BCUT2D eigenvalue weighted by Crippen LogP contribution is 2.26. The number of nitrogens with two attached hydrogens (primary N) is 1. The molecule has 2 rings (SSSR count). The first-order valence-electron chi connectivity index (χ1n) is 6.24. The molecule has 1 amide bonds. The standard InChI is InChI=1S/C13H18N4OS2/c1-8(7-9-5-4-6-19-9)15-12(18)10-11(14)16-13(20-10)17(2)3/h4-6,8H,7,14H2,1-3H3,(H,15,18). The van der Waals surface area contributed by atoms with Gasteiger partial charge in [-0.1, -0.05) is 17.4 Å². The SMILES string of the molecule is CC(Cc1cccs1)NC(=O)c1sc(N(C)C)nc1N. The maximum Gasteiger partial charge on any atom is 0.265 e. The molecule has 20 heavy (non-hydrogen) atoms. The lowest BCUT2D eigenvalue weighted by Crippen LogP contribution is -2.33. The Morgan fingerprint density at radius 1 is 1.55 bits per heavy atom. The summed E-state index contributed by atoms with van der Waals surface area (Å²) in [5.74, 6) is 0.136. The van der Waals surface area contributed by atoms with Crippen molar-refractivity contribution in [1.82, 2.24) is 10.3 Å². The molecule has 3 N–H and O–H groups in total. The molecule has 0 aromatic carbocycles. The van der Waals surface area contributed by atoms with Gasteiger partial charge in [-0.05, 0) is 18.4 Å². The lowest BCUT2D eigenvalue weighted by atomic mass is 10.2. The predicted octanol–water partition coefficient (Wildman–Crippen LogP) is 2.21. The Kier molecular flexibility index (Phi) is 4.61. The van der Waals surface area contributed by atoms with Crippen LogP contribution in [-0.4, -0.2) is 31.0 Å². The van der Waals surface area contributed by atoms with Crippen LogP contribution in [0.2, 0.25) is 0 Å². The summed E-state index contributed by atoms with van der Waals surface area (Å²) in [7, 11) is 3.75. The fourth-order valence-corrected chi connectivity index (χ4v) is 3.39. The van der Waals surface area contributed by atoms with Crippen LogP contribution in [0.1, 0.15) is 21.5 Å². The molecule has 7 heteroatoms. The maximum absolute atomic E-state index is 12.2. The van der Waals surface area contributed by atoms with Crippen LogP contribution in [-0.2, 0) is 6.42 Å². The van der Waals surface area contributed by atoms with E-state index in [1.807, 2.05) is 37.4 Å². The number of carbonyl (C=O) groups is 1. The smallest absolute Gasteiger partial charge is 0.265 e. The van der Waals surface area contributed by atoms with Gasteiger partial charge in [-0.15, -0.1) is 11.3 Å². The number of amides is 1. The summed E-state index contributed by atoms with van der Waals surface area (Å²) in [4.78, 5) is 20.0. The monoisotopic (exact) mass is 310 g/mol. The number of hydrogen-bond acceptors (Lipinski definition) is 6. The normalized spacial score (nSPS) is 12.2. The molecule has 2 aromatic rings. The zero-order valence-electron chi connectivity index (χ0n) is 11.7. The van der Waals surface area contributed by atoms with Crippen molar-refractivity contribution in [3.63, 3.8) is 0 Å². The Bertz CT molecular complexity index is 577. The highest BCUT2D eigenvalue weighted by molar-refractivity contribution is 7.18. The number of thiophene rings is 1. The zero-order chi connectivity index (χ0) is 14.7. The van der Waals surface area contributed by atoms with Crippen molar-refractivity contribution in [3.8, 4) is 0 Å². The third-order valence-corrected chi connectivity index (χ3v) is 4.83. The summed E-state index contributed by atoms with van der Waals surface area (Å²) in [5, 5.41) is 5.74. The Hall–Kier alpha value is -1.60. The molecule has 0 radical (unpaired) electrons. The predicted molar refractivity (Wildman–Crippen MR) is 85.8 cm³/mol. The lowest BCUT2D eigenvalue weighted by Gasteiger charge is -2.12. The second-order valence-electron chi connectivity index (χ2n) is 4.76. The summed E-state index contributed by atoms with van der Waals surface area (Å²) in [5.41, 5.74) is 5.81. The van der Waals surface area contributed by atoms with Crippen LogP contribution in [0.25, 0.3) is 0 Å². The van der Waals surface area contributed by atoms with E-state index in [0.29, 0.717) is 10.7 Å². The summed E-state index contributed by atoms with van der Waals surface area (Å²) in [6, 6.07) is 4.14. The summed E-state index contributed by atoms with van der Waals surface area (Å²) in [6.07, 6.45) is 0.822. The number of nitrogen functional groups attached to an aromatic ring is 1. The minimum Gasteiger partial charge on any atom is -0.382 e. The lowest BCUT2D eigenvalue weighted by molar-refractivity contribution is 0.0945. The van der Waals surface area contributed by atoms with Crippen molar-refractivity contribution < 1.29 is 4.79 Å². The number of anilines is 2. The number of rotatable bonds is 5. The van der Waals surface area contributed by atoms with Crippen molar-refractivity contribution in [1.29, 1.82) is 0 Å². The molecular formula is C13H18N4OS2. The Morgan fingerprint density at radius 3 is 2.85 bits per heavy atom. The van der Waals surface area contributed by atoms with E-state index >= 15 is 0 Å². The van der Waals surface area contributed by atoms with Crippen molar-refractivity contribution in [2.24, 2.45) is 0 Å². The average molecular weight is 310 g/mol. The van der Waals surface area contributed by atoms with Gasteiger partial charge in [0.25, 0.3) is 5.91 Å². The molecule has 2 heterocycles. The Morgan fingerprint density at radius 2 is 2.30 bits per heavy atom. The minimum absolute atomic E-state index is 0.0606. The molecule has 0 saturated heterocycles. The number of hydrogen-bond donors (Lipinski definition) is 2. The van der Waals surface area contributed by atoms with Gasteiger partial charge in [-0.25, -0.2) is 4.98 Å². The molecule has 0 fully saturated rings. The van der Waals surface area contributed by atoms with E-state index in [2.05, 4.69) is 16.4 Å². The van der Waals surface area contributed by atoms with E-state index in [1.54, 1.807) is 11.3 Å². The quantitative estimate of drug-likeness (QED) is 0.888. The van der Waals surface area contributed by atoms with Crippen molar-refractivity contribution in [2.45, 2.75) is 19.4 Å². The topological polar surface area (TPSA) is 71.2 Å². The van der Waals surface area contributed by atoms with Crippen LogP contribution >= 0.6 is 22.7 Å². The number of aromatic nitrogens is 1. The Labute approximate surface area is 126 Å². The van der Waals surface area contributed by atoms with Crippen LogP contribution in [0.5, 0.6) is 0 Å². The van der Waals surface area contributed by atoms with Gasteiger partial charge in [0.2, 0.25) is 0 Å². The van der Waals surface area contributed by atoms with Gasteiger partial charge in [0.15, 0.2) is 5.13 Å². The van der Waals surface area contributed by atoms with Gasteiger partial charge in [-0.3, -0.25) is 4.79 Å². The number of carbonyl (C=O) groups excluding carboxylic acids is 1. The molecule has 0 spiro atoms. The van der Waals surface area contributed by atoms with Gasteiger partial charge >= 0.3 is 0 Å². The van der Waals surface area contributed by atoms with Crippen LogP contribution in [0.4, 0.5) is 10.9 Å². The highest BCUT2D eigenvalue weighted by atomic mass is 32.1. The second kappa shape index (κ2) is 6.23. The first-order valence-corrected chi connectivity index (χ1v) is 7.94. The van der Waals surface area contributed by atoms with Gasteiger partial charge in [-0.2, -0.15) is 0 Å². The third kappa shape index (κ3) is 3.49. The second-order valence-corrected chi connectivity index (χ2v) is 6.77. The molecular weight excluding hydrogens is 292 g/mol. The van der Waals surface area contributed by atoms with Crippen LogP contribution in [0.15, 0.2) is 17.5 Å². The highest BCUT2D eigenvalue weighted by Gasteiger charge is 2.18. The van der Waals surface area contributed by atoms with Crippen molar-refractivity contribution in [2.75, 3.05) is 24.7 Å². The largest absolute Gasteiger partial charge is 0.382 e. The molecule has 0 aliphatic carbocycles. The summed E-state index contributed by atoms with van der Waals surface area (Å²) < 4.78 is 0. The van der Waals surface area contributed by atoms with E-state index in [1.165, 1.54) is 16.2 Å². The molecule has 0 aliphatic rings. The van der Waals surface area contributed by atoms with E-state index in [0.717, 1.165) is 11.6 Å². The van der Waals surface area contributed by atoms with Gasteiger partial charge < -0.3 is 16.0 Å². The van der Waals surface area contributed by atoms with Crippen LogP contribution < -0.4 is 16.0 Å². The summed E-state index contributed by atoms with van der Waals surface area (Å²) >= 11 is 3.00. The molecule has 2 aromatic heterocycles. The van der Waals surface area contributed by atoms with E-state index in [9.17, 15) is 4.79 Å². The van der Waals surface area contributed by atoms with Gasteiger partial charge in [0.1, 0.15) is 10.7 Å². The molecule has 1 atom stereocenters. The van der Waals surface area contributed by atoms with E-state index < -0.39 is 0 Å². The number of thiazole rings is 1. The Balaban J connectivity index is 2.00. The molecule has 0 aliphatic heterocycles. The molecule has 0 saturated carbocycles. The maximum atomic E-state index is 12.2. The molecule has 0 bridgehead atoms. The van der Waals surface area contributed by atoms with Gasteiger partial charge in [0, 0.05) is 31.4 Å². The first-order chi connectivity index (χ1) is 9.47. The summed E-state index contributed by atoms with van der Waals surface area (Å²) in [6.45, 7) is 1.99. The fourth-order valence-electron chi connectivity index (χ4n) is 1.75. The van der Waals surface area contributed by atoms with Crippen LogP contribution in [0, 0.1) is 0 Å². The van der Waals surface area contributed by atoms with Crippen LogP contribution in [0.3, 0.4) is 0 Å². The molecule has 5 nitrogen and oxygen atoms in total. The number of nitrogens with zero attached hydrogens (tertiary/aromatic N) is 2. The zero-order valence-corrected chi connectivity index (χ0v) is 13.3. The molecule has 1 unspecified atom stereocenters. The number of nitrogens with one attached hydrogen (secondary N) is 1. The minimum atomic E-state index is -0.155. The first kappa shape index (κ1) is 14.8. The third-order valence-electron chi connectivity index (χ3n) is 2.70. The van der Waals surface area contributed by atoms with Crippen molar-refractivity contribution >= 4 is 39.5 Å². The average Bonchev–Trinajstić information content (AvgIpc) is 2.98. The van der Waals surface area contributed by atoms with E-state index in [-0.39, 0.29) is 11.9 Å². The fraction of sp³-hybridized carbons (Fsp3) is 0.385.